The first-order valence-corrected chi connectivity index (χ1v) is 8.33. The summed E-state index contributed by atoms with van der Waals surface area (Å²) >= 11 is 0. The Morgan fingerprint density at radius 1 is 1.00 bits per heavy atom. The van der Waals surface area contributed by atoms with Crippen molar-refractivity contribution >= 4 is 17.5 Å². The highest BCUT2D eigenvalue weighted by atomic mass is 19.1. The Morgan fingerprint density at radius 2 is 1.72 bits per heavy atom. The van der Waals surface area contributed by atoms with E-state index in [1.165, 1.54) is 6.07 Å². The van der Waals surface area contributed by atoms with E-state index in [-0.39, 0.29) is 5.82 Å². The molecule has 5 heteroatoms. The third kappa shape index (κ3) is 4.12. The zero-order valence-electron chi connectivity index (χ0n) is 14.4. The van der Waals surface area contributed by atoms with E-state index >= 15 is 0 Å². The van der Waals surface area contributed by atoms with Crippen molar-refractivity contribution in [1.29, 1.82) is 0 Å². The molecule has 1 heterocycles. The summed E-state index contributed by atoms with van der Waals surface area (Å²) < 4.78 is 13.8. The first-order chi connectivity index (χ1) is 12.2. The quantitative estimate of drug-likeness (QED) is 0.709. The lowest BCUT2D eigenvalue weighted by Gasteiger charge is -2.23. The molecule has 0 aliphatic rings. The van der Waals surface area contributed by atoms with Gasteiger partial charge in [-0.1, -0.05) is 36.4 Å². The number of halogens is 1. The van der Waals surface area contributed by atoms with Crippen LogP contribution in [0.2, 0.25) is 0 Å². The molecular formula is C20H21FN4. The minimum absolute atomic E-state index is 0.234. The topological polar surface area (TPSA) is 41.1 Å². The number of aryl methyl sites for hydroxylation is 1. The Kier molecular flexibility index (Phi) is 5.23. The number of rotatable bonds is 6. The molecule has 0 atom stereocenters. The second-order valence-corrected chi connectivity index (χ2v) is 5.72. The lowest BCUT2D eigenvalue weighted by molar-refractivity contribution is 0.612. The van der Waals surface area contributed by atoms with E-state index in [0.29, 0.717) is 18.1 Å². The van der Waals surface area contributed by atoms with E-state index in [0.717, 1.165) is 23.7 Å². The van der Waals surface area contributed by atoms with Crippen LogP contribution in [-0.4, -0.2) is 16.5 Å². The molecule has 0 amide bonds. The molecule has 0 bridgehead atoms. The highest BCUT2D eigenvalue weighted by molar-refractivity contribution is 5.61. The number of nitrogens with zero attached hydrogens (tertiary/aromatic N) is 3. The van der Waals surface area contributed by atoms with Gasteiger partial charge in [0, 0.05) is 36.1 Å². The van der Waals surface area contributed by atoms with Crippen LogP contribution in [0.5, 0.6) is 0 Å². The van der Waals surface area contributed by atoms with Gasteiger partial charge in [-0.2, -0.15) is 4.98 Å². The molecule has 0 spiro atoms. The number of nitrogens with one attached hydrogen (secondary N) is 1. The van der Waals surface area contributed by atoms with Crippen LogP contribution in [0.15, 0.2) is 60.7 Å². The van der Waals surface area contributed by atoms with Crippen LogP contribution in [0.1, 0.15) is 18.2 Å². The Bertz CT molecular complexity index is 836. The van der Waals surface area contributed by atoms with Crippen LogP contribution in [-0.2, 0) is 6.54 Å². The van der Waals surface area contributed by atoms with Crippen molar-refractivity contribution < 1.29 is 4.39 Å². The van der Waals surface area contributed by atoms with E-state index in [2.05, 4.69) is 27.1 Å². The van der Waals surface area contributed by atoms with Crippen molar-refractivity contribution in [3.05, 3.63) is 77.7 Å². The maximum absolute atomic E-state index is 13.8. The van der Waals surface area contributed by atoms with Crippen molar-refractivity contribution in [1.82, 2.24) is 9.97 Å². The molecule has 0 aliphatic heterocycles. The van der Waals surface area contributed by atoms with Gasteiger partial charge in [0.1, 0.15) is 11.6 Å². The second kappa shape index (κ2) is 7.75. The van der Waals surface area contributed by atoms with Crippen LogP contribution in [0, 0.1) is 12.7 Å². The minimum Gasteiger partial charge on any atom is -0.350 e. The van der Waals surface area contributed by atoms with Crippen LogP contribution >= 0.6 is 0 Å². The number of para-hydroxylation sites is 1. The first kappa shape index (κ1) is 16.9. The summed E-state index contributed by atoms with van der Waals surface area (Å²) in [6.07, 6.45) is 0. The molecule has 128 valence electrons. The lowest BCUT2D eigenvalue weighted by Crippen LogP contribution is -2.18. The van der Waals surface area contributed by atoms with Crippen molar-refractivity contribution in [2.75, 3.05) is 16.8 Å². The molecule has 1 N–H and O–H groups in total. The highest BCUT2D eigenvalue weighted by Crippen LogP contribution is 2.24. The smallest absolute Gasteiger partial charge is 0.225 e. The summed E-state index contributed by atoms with van der Waals surface area (Å²) in [5.74, 6) is 1.08. The molecule has 3 rings (SSSR count). The van der Waals surface area contributed by atoms with E-state index in [9.17, 15) is 4.39 Å². The van der Waals surface area contributed by atoms with Gasteiger partial charge in [0.05, 0.1) is 0 Å². The molecule has 2 aromatic carbocycles. The van der Waals surface area contributed by atoms with Crippen molar-refractivity contribution in [3.8, 4) is 0 Å². The molecule has 3 aromatic rings. The summed E-state index contributed by atoms with van der Waals surface area (Å²) in [6.45, 7) is 5.13. The maximum atomic E-state index is 13.8. The third-order valence-electron chi connectivity index (χ3n) is 3.90. The van der Waals surface area contributed by atoms with Gasteiger partial charge >= 0.3 is 0 Å². The molecule has 0 radical (unpaired) electrons. The monoisotopic (exact) mass is 336 g/mol. The SMILES string of the molecule is CCN(c1ccccc1)c1cc(C)nc(NCc2ccccc2F)n1. The lowest BCUT2D eigenvalue weighted by atomic mass is 10.2. The van der Waals surface area contributed by atoms with E-state index < -0.39 is 0 Å². The third-order valence-corrected chi connectivity index (χ3v) is 3.90. The summed E-state index contributed by atoms with van der Waals surface area (Å²) in [5.41, 5.74) is 2.52. The highest BCUT2D eigenvalue weighted by Gasteiger charge is 2.11. The summed E-state index contributed by atoms with van der Waals surface area (Å²) in [5, 5.41) is 3.12. The molecule has 4 nitrogen and oxygen atoms in total. The standard InChI is InChI=1S/C20H21FN4/c1-3-25(17-10-5-4-6-11-17)19-13-15(2)23-20(24-19)22-14-16-9-7-8-12-18(16)21/h4-13H,3,14H2,1-2H3,(H,22,23,24). The van der Waals surface area contributed by atoms with Crippen LogP contribution < -0.4 is 10.2 Å². The Morgan fingerprint density at radius 3 is 2.44 bits per heavy atom. The number of hydrogen-bond acceptors (Lipinski definition) is 4. The normalized spacial score (nSPS) is 10.5. The molecule has 1 aromatic heterocycles. The Hall–Kier alpha value is -2.95. The summed E-state index contributed by atoms with van der Waals surface area (Å²) in [4.78, 5) is 11.1. The van der Waals surface area contributed by atoms with Gasteiger partial charge in [-0.25, -0.2) is 9.37 Å². The fourth-order valence-corrected chi connectivity index (χ4v) is 2.67. The fraction of sp³-hybridized carbons (Fsp3) is 0.200. The van der Waals surface area contributed by atoms with Gasteiger partial charge < -0.3 is 10.2 Å². The van der Waals surface area contributed by atoms with E-state index in [1.54, 1.807) is 12.1 Å². The van der Waals surface area contributed by atoms with Crippen LogP contribution in [0.25, 0.3) is 0 Å². The summed E-state index contributed by atoms with van der Waals surface area (Å²) in [6, 6.07) is 18.7. The van der Waals surface area contributed by atoms with E-state index in [1.807, 2.05) is 49.4 Å². The molecule has 0 saturated heterocycles. The van der Waals surface area contributed by atoms with Gasteiger partial charge in [0.2, 0.25) is 5.95 Å². The number of hydrogen-bond donors (Lipinski definition) is 1. The van der Waals surface area contributed by atoms with Gasteiger partial charge in [-0.05, 0) is 32.0 Å². The zero-order chi connectivity index (χ0) is 17.6. The predicted octanol–water partition coefficient (Wildman–Crippen LogP) is 4.69. The Balaban J connectivity index is 1.84. The minimum atomic E-state index is -0.234. The predicted molar refractivity (Wildman–Crippen MR) is 99.6 cm³/mol. The number of anilines is 3. The summed E-state index contributed by atoms with van der Waals surface area (Å²) in [7, 11) is 0. The molecule has 0 aliphatic carbocycles. The van der Waals surface area contributed by atoms with E-state index in [4.69, 9.17) is 0 Å². The van der Waals surface area contributed by atoms with Gasteiger partial charge in [0.15, 0.2) is 0 Å². The van der Waals surface area contributed by atoms with Gasteiger partial charge in [0.25, 0.3) is 0 Å². The largest absolute Gasteiger partial charge is 0.350 e. The van der Waals surface area contributed by atoms with Crippen molar-refractivity contribution in [2.24, 2.45) is 0 Å². The first-order valence-electron chi connectivity index (χ1n) is 8.33. The Labute approximate surface area is 147 Å². The average molecular weight is 336 g/mol. The molecule has 0 saturated carbocycles. The van der Waals surface area contributed by atoms with Crippen molar-refractivity contribution in [3.63, 3.8) is 0 Å². The van der Waals surface area contributed by atoms with Gasteiger partial charge in [-0.15, -0.1) is 0 Å². The van der Waals surface area contributed by atoms with Crippen LogP contribution in [0.4, 0.5) is 21.8 Å². The zero-order valence-corrected chi connectivity index (χ0v) is 14.4. The number of aromatic nitrogens is 2. The van der Waals surface area contributed by atoms with Crippen LogP contribution in [0.3, 0.4) is 0 Å². The van der Waals surface area contributed by atoms with Crippen molar-refractivity contribution in [2.45, 2.75) is 20.4 Å². The molecule has 25 heavy (non-hydrogen) atoms. The molecule has 0 unspecified atom stereocenters. The molecule has 0 fully saturated rings. The van der Waals surface area contributed by atoms with Gasteiger partial charge in [-0.3, -0.25) is 0 Å². The fourth-order valence-electron chi connectivity index (χ4n) is 2.67. The maximum Gasteiger partial charge on any atom is 0.225 e. The molecular weight excluding hydrogens is 315 g/mol. The number of benzene rings is 2. The second-order valence-electron chi connectivity index (χ2n) is 5.72. The average Bonchev–Trinajstić information content (AvgIpc) is 2.62.